The van der Waals surface area contributed by atoms with Crippen LogP contribution in [-0.2, 0) is 7.05 Å². The van der Waals surface area contributed by atoms with Gasteiger partial charge in [0.2, 0.25) is 0 Å². The second kappa shape index (κ2) is 2.87. The summed E-state index contributed by atoms with van der Waals surface area (Å²) in [6.45, 7) is 2.16. The van der Waals surface area contributed by atoms with Crippen molar-refractivity contribution in [3.8, 4) is 0 Å². The normalized spacial score (nSPS) is 25.7. The summed E-state index contributed by atoms with van der Waals surface area (Å²) >= 11 is 0. The third kappa shape index (κ3) is 1.56. The lowest BCUT2D eigenvalue weighted by molar-refractivity contribution is 0.833. The molecule has 1 saturated carbocycles. The zero-order valence-electron chi connectivity index (χ0n) is 7.82. The highest BCUT2D eigenvalue weighted by Gasteiger charge is 2.33. The van der Waals surface area contributed by atoms with Gasteiger partial charge in [-0.25, -0.2) is 4.98 Å². The van der Waals surface area contributed by atoms with Crippen LogP contribution in [0.2, 0.25) is 0 Å². The van der Waals surface area contributed by atoms with Crippen molar-refractivity contribution in [3.63, 3.8) is 0 Å². The Labute approximate surface area is 76.6 Å². The largest absolute Gasteiger partial charge is 0.362 e. The molecule has 0 saturated heterocycles. The van der Waals surface area contributed by atoms with E-state index in [1.54, 1.807) is 19.4 Å². The first-order valence-corrected chi connectivity index (χ1v) is 4.46. The number of nitrogens with zero attached hydrogens (tertiary/aromatic N) is 2. The predicted octanol–water partition coefficient (Wildman–Crippen LogP) is 0.601. The van der Waals surface area contributed by atoms with E-state index in [0.29, 0.717) is 17.8 Å². The summed E-state index contributed by atoms with van der Waals surface area (Å²) in [6.07, 6.45) is 4.43. The van der Waals surface area contributed by atoms with Gasteiger partial charge in [0, 0.05) is 25.5 Å². The maximum Gasteiger partial charge on any atom is 0.293 e. The molecule has 1 aliphatic carbocycles. The van der Waals surface area contributed by atoms with E-state index in [1.165, 1.54) is 4.57 Å². The van der Waals surface area contributed by atoms with Crippen molar-refractivity contribution in [1.82, 2.24) is 9.55 Å². The summed E-state index contributed by atoms with van der Waals surface area (Å²) in [7, 11) is 1.73. The van der Waals surface area contributed by atoms with Gasteiger partial charge in [-0.05, 0) is 12.3 Å². The van der Waals surface area contributed by atoms with Crippen LogP contribution >= 0.6 is 0 Å². The van der Waals surface area contributed by atoms with Crippen molar-refractivity contribution < 1.29 is 0 Å². The Morgan fingerprint density at radius 1 is 1.69 bits per heavy atom. The molecule has 0 spiro atoms. The lowest BCUT2D eigenvalue weighted by Crippen LogP contribution is -2.23. The smallest absolute Gasteiger partial charge is 0.293 e. The van der Waals surface area contributed by atoms with Gasteiger partial charge in [0.05, 0.1) is 0 Å². The number of nitrogens with one attached hydrogen (secondary N) is 1. The van der Waals surface area contributed by atoms with Crippen molar-refractivity contribution in [2.75, 3.05) is 5.32 Å². The summed E-state index contributed by atoms with van der Waals surface area (Å²) in [5.41, 5.74) is -0.0541. The van der Waals surface area contributed by atoms with Crippen LogP contribution in [0, 0.1) is 5.92 Å². The Hall–Kier alpha value is -1.32. The topological polar surface area (TPSA) is 46.9 Å². The highest BCUT2D eigenvalue weighted by molar-refractivity contribution is 5.34. The highest BCUT2D eigenvalue weighted by Crippen LogP contribution is 2.31. The first-order valence-electron chi connectivity index (χ1n) is 4.46. The van der Waals surface area contributed by atoms with Crippen molar-refractivity contribution >= 4 is 5.82 Å². The molecule has 4 nitrogen and oxygen atoms in total. The zero-order chi connectivity index (χ0) is 9.42. The van der Waals surface area contributed by atoms with Crippen LogP contribution in [0.25, 0.3) is 0 Å². The van der Waals surface area contributed by atoms with Gasteiger partial charge in [-0.15, -0.1) is 0 Å². The number of hydrogen-bond acceptors (Lipinski definition) is 3. The van der Waals surface area contributed by atoms with E-state index in [-0.39, 0.29) is 5.56 Å². The minimum Gasteiger partial charge on any atom is -0.362 e. The monoisotopic (exact) mass is 179 g/mol. The van der Waals surface area contributed by atoms with Gasteiger partial charge in [-0.2, -0.15) is 0 Å². The predicted molar refractivity (Wildman–Crippen MR) is 50.7 cm³/mol. The van der Waals surface area contributed by atoms with Crippen LogP contribution in [0.5, 0.6) is 0 Å². The molecule has 0 aliphatic heterocycles. The van der Waals surface area contributed by atoms with Crippen LogP contribution in [0.3, 0.4) is 0 Å². The molecule has 1 N–H and O–H groups in total. The van der Waals surface area contributed by atoms with E-state index in [0.717, 1.165) is 6.42 Å². The molecule has 1 heterocycles. The van der Waals surface area contributed by atoms with Gasteiger partial charge >= 0.3 is 0 Å². The van der Waals surface area contributed by atoms with Crippen LogP contribution in [0.1, 0.15) is 13.3 Å². The molecule has 70 valence electrons. The minimum atomic E-state index is -0.0541. The van der Waals surface area contributed by atoms with Crippen LogP contribution in [0.4, 0.5) is 5.82 Å². The fourth-order valence-corrected chi connectivity index (χ4v) is 1.30. The third-order valence-electron chi connectivity index (χ3n) is 2.45. The average Bonchev–Trinajstić information content (AvgIpc) is 2.77. The second-order valence-corrected chi connectivity index (χ2v) is 3.66. The molecule has 1 aromatic rings. The number of rotatable bonds is 2. The zero-order valence-corrected chi connectivity index (χ0v) is 7.82. The fraction of sp³-hybridized carbons (Fsp3) is 0.556. The molecule has 0 amide bonds. The Morgan fingerprint density at radius 2 is 2.38 bits per heavy atom. The Kier molecular flexibility index (Phi) is 1.83. The maximum absolute atomic E-state index is 11.5. The van der Waals surface area contributed by atoms with Crippen LogP contribution in [-0.4, -0.2) is 15.6 Å². The molecule has 13 heavy (non-hydrogen) atoms. The van der Waals surface area contributed by atoms with Crippen LogP contribution < -0.4 is 10.9 Å². The second-order valence-electron chi connectivity index (χ2n) is 3.66. The van der Waals surface area contributed by atoms with Gasteiger partial charge in [0.25, 0.3) is 5.56 Å². The lowest BCUT2D eigenvalue weighted by Gasteiger charge is -2.03. The van der Waals surface area contributed by atoms with Crippen molar-refractivity contribution in [2.45, 2.75) is 19.4 Å². The average molecular weight is 179 g/mol. The van der Waals surface area contributed by atoms with Crippen molar-refractivity contribution in [2.24, 2.45) is 13.0 Å². The third-order valence-corrected chi connectivity index (χ3v) is 2.45. The molecule has 4 heteroatoms. The highest BCUT2D eigenvalue weighted by atomic mass is 16.1. The molecular formula is C9H13N3O. The maximum atomic E-state index is 11.5. The number of aryl methyl sites for hydroxylation is 1. The minimum absolute atomic E-state index is 0.0541. The molecule has 2 unspecified atom stereocenters. The van der Waals surface area contributed by atoms with Gasteiger partial charge in [-0.1, -0.05) is 6.92 Å². The summed E-state index contributed by atoms with van der Waals surface area (Å²) in [4.78, 5) is 15.5. The summed E-state index contributed by atoms with van der Waals surface area (Å²) in [5.74, 6) is 1.14. The summed E-state index contributed by atoms with van der Waals surface area (Å²) in [5, 5.41) is 3.13. The van der Waals surface area contributed by atoms with E-state index < -0.39 is 0 Å². The molecule has 0 bridgehead atoms. The quantitative estimate of drug-likeness (QED) is 0.723. The summed E-state index contributed by atoms with van der Waals surface area (Å²) in [6, 6.07) is 0.447. The molecular weight excluding hydrogens is 166 g/mol. The molecule has 1 aromatic heterocycles. The van der Waals surface area contributed by atoms with E-state index in [4.69, 9.17) is 0 Å². The lowest BCUT2D eigenvalue weighted by atomic mass is 10.5. The number of anilines is 1. The standard InChI is InChI=1S/C9H13N3O/c1-6-5-7(6)11-8-9(13)12(2)4-3-10-8/h3-4,6-7H,5H2,1-2H3,(H,10,11). The first kappa shape index (κ1) is 8.29. The Bertz CT molecular complexity index is 371. The number of aromatic nitrogens is 2. The number of hydrogen-bond donors (Lipinski definition) is 1. The van der Waals surface area contributed by atoms with Crippen LogP contribution in [0.15, 0.2) is 17.2 Å². The Balaban J connectivity index is 2.21. The van der Waals surface area contributed by atoms with Crippen molar-refractivity contribution in [3.05, 3.63) is 22.7 Å². The van der Waals surface area contributed by atoms with E-state index in [2.05, 4.69) is 17.2 Å². The molecule has 2 atom stereocenters. The van der Waals surface area contributed by atoms with Gasteiger partial charge in [-0.3, -0.25) is 4.79 Å². The summed E-state index contributed by atoms with van der Waals surface area (Å²) < 4.78 is 1.53. The van der Waals surface area contributed by atoms with Gasteiger partial charge in [0.1, 0.15) is 0 Å². The van der Waals surface area contributed by atoms with E-state index >= 15 is 0 Å². The first-order chi connectivity index (χ1) is 6.18. The molecule has 1 aliphatic rings. The van der Waals surface area contributed by atoms with Crippen molar-refractivity contribution in [1.29, 1.82) is 0 Å². The molecule has 0 aromatic carbocycles. The fourth-order valence-electron chi connectivity index (χ4n) is 1.30. The Morgan fingerprint density at radius 3 is 3.00 bits per heavy atom. The molecule has 0 radical (unpaired) electrons. The van der Waals surface area contributed by atoms with E-state index in [1.807, 2.05) is 0 Å². The SMILES string of the molecule is CC1CC1Nc1nccn(C)c1=O. The van der Waals surface area contributed by atoms with E-state index in [9.17, 15) is 4.79 Å². The van der Waals surface area contributed by atoms with Gasteiger partial charge < -0.3 is 9.88 Å². The molecule has 2 rings (SSSR count). The molecule has 1 fully saturated rings. The van der Waals surface area contributed by atoms with Gasteiger partial charge in [0.15, 0.2) is 5.82 Å².